The van der Waals surface area contributed by atoms with Gasteiger partial charge in [-0.05, 0) is 54.0 Å². The fourth-order valence-electron chi connectivity index (χ4n) is 4.87. The molecule has 10 heteroatoms. The maximum Gasteiger partial charge on any atom is 0.408 e. The number of aliphatic carboxylic acids is 1. The number of nitrogens with zero attached hydrogens (tertiary/aromatic N) is 1. The van der Waals surface area contributed by atoms with Gasteiger partial charge in [-0.25, -0.2) is 14.7 Å². The van der Waals surface area contributed by atoms with Crippen LogP contribution in [0.25, 0.3) is 0 Å². The molecule has 3 aromatic carbocycles. The number of carboxylic acid groups (broad SMARTS) is 1. The molecule has 2 atom stereocenters. The number of likely N-dealkylation sites (N-methyl/N-ethyl adjacent to an activating group) is 1. The van der Waals surface area contributed by atoms with Crippen LogP contribution in [-0.2, 0) is 38.8 Å². The van der Waals surface area contributed by atoms with Gasteiger partial charge in [-0.15, -0.1) is 0 Å². The van der Waals surface area contributed by atoms with Crippen molar-refractivity contribution in [3.8, 4) is 5.75 Å². The molecule has 2 amide bonds. The minimum absolute atomic E-state index is 0.000486. The monoisotopic (exact) mass is 605 g/mol. The highest BCUT2D eigenvalue weighted by molar-refractivity contribution is 5.81. The van der Waals surface area contributed by atoms with Gasteiger partial charge in [0.15, 0.2) is 0 Å². The minimum atomic E-state index is -0.987. The van der Waals surface area contributed by atoms with Crippen molar-refractivity contribution in [3.05, 3.63) is 102 Å². The molecule has 1 aliphatic rings. The molecule has 0 aromatic heterocycles. The summed E-state index contributed by atoms with van der Waals surface area (Å²) < 4.78 is 10.8. The zero-order valence-corrected chi connectivity index (χ0v) is 25.4. The van der Waals surface area contributed by atoms with Crippen molar-refractivity contribution in [2.45, 2.75) is 63.8 Å². The molecular formula is C34H43N3O7. The van der Waals surface area contributed by atoms with Crippen LogP contribution in [0.4, 0.5) is 4.79 Å². The molecule has 44 heavy (non-hydrogen) atoms. The third-order valence-electron chi connectivity index (χ3n) is 7.40. The predicted molar refractivity (Wildman–Crippen MR) is 166 cm³/mol. The van der Waals surface area contributed by atoms with Gasteiger partial charge >= 0.3 is 12.1 Å². The van der Waals surface area contributed by atoms with Gasteiger partial charge in [0.2, 0.25) is 0 Å². The molecule has 0 saturated heterocycles. The number of amides is 2. The van der Waals surface area contributed by atoms with E-state index in [2.05, 4.69) is 5.32 Å². The minimum Gasteiger partial charge on any atom is -0.489 e. The Morgan fingerprint density at radius 3 is 1.98 bits per heavy atom. The molecule has 1 saturated carbocycles. The van der Waals surface area contributed by atoms with E-state index in [-0.39, 0.29) is 18.4 Å². The lowest BCUT2D eigenvalue weighted by Crippen LogP contribution is -2.46. The fourth-order valence-corrected chi connectivity index (χ4v) is 4.87. The van der Waals surface area contributed by atoms with Crippen LogP contribution in [0.3, 0.4) is 0 Å². The number of nitrogens with one attached hydrogen (secondary N) is 1. The van der Waals surface area contributed by atoms with E-state index < -0.39 is 24.1 Å². The smallest absolute Gasteiger partial charge is 0.408 e. The molecule has 4 rings (SSSR count). The molecule has 10 nitrogen and oxygen atoms in total. The lowest BCUT2D eigenvalue weighted by molar-refractivity contribution is -0.170. The van der Waals surface area contributed by atoms with Crippen molar-refractivity contribution in [2.24, 2.45) is 11.7 Å². The van der Waals surface area contributed by atoms with E-state index in [0.29, 0.717) is 13.0 Å². The predicted octanol–water partition coefficient (Wildman–Crippen LogP) is 5.10. The highest BCUT2D eigenvalue weighted by atomic mass is 16.7. The maximum absolute atomic E-state index is 11.9. The van der Waals surface area contributed by atoms with Gasteiger partial charge in [-0.2, -0.15) is 0 Å². The number of alkyl carbamates (subject to hydrolysis) is 1. The largest absolute Gasteiger partial charge is 0.489 e. The molecule has 0 bridgehead atoms. The molecule has 0 heterocycles. The number of hydrogen-bond donors (Lipinski definition) is 3. The van der Waals surface area contributed by atoms with Crippen LogP contribution >= 0.6 is 0 Å². The van der Waals surface area contributed by atoms with Crippen LogP contribution in [-0.4, -0.2) is 54.4 Å². The van der Waals surface area contributed by atoms with Gasteiger partial charge in [0.25, 0.3) is 5.91 Å². The van der Waals surface area contributed by atoms with Crippen molar-refractivity contribution in [2.75, 3.05) is 14.2 Å². The second-order valence-electron chi connectivity index (χ2n) is 10.7. The van der Waals surface area contributed by atoms with Crippen molar-refractivity contribution >= 4 is 18.0 Å². The Morgan fingerprint density at radius 2 is 1.43 bits per heavy atom. The van der Waals surface area contributed by atoms with Crippen molar-refractivity contribution in [1.82, 2.24) is 10.4 Å². The molecule has 0 radical (unpaired) electrons. The van der Waals surface area contributed by atoms with E-state index in [9.17, 15) is 19.5 Å². The molecule has 1 fully saturated rings. The normalized spacial score (nSPS) is 14.2. The molecule has 3 aromatic rings. The number of ether oxygens (including phenoxy) is 2. The van der Waals surface area contributed by atoms with E-state index >= 15 is 0 Å². The lowest BCUT2D eigenvalue weighted by Gasteiger charge is -2.27. The number of hydroxylamine groups is 2. The molecule has 1 aliphatic carbocycles. The second kappa shape index (κ2) is 18.3. The first-order valence-corrected chi connectivity index (χ1v) is 14.8. The molecular weight excluding hydrogens is 562 g/mol. The van der Waals surface area contributed by atoms with Gasteiger partial charge in [-0.3, -0.25) is 9.63 Å². The number of rotatable bonds is 12. The topological polar surface area (TPSA) is 140 Å². The Balaban J connectivity index is 0.000000241. The Kier molecular flexibility index (Phi) is 14.2. The number of benzene rings is 3. The van der Waals surface area contributed by atoms with Crippen LogP contribution in [0.15, 0.2) is 84.9 Å². The second-order valence-corrected chi connectivity index (χ2v) is 10.7. The first-order valence-electron chi connectivity index (χ1n) is 14.8. The van der Waals surface area contributed by atoms with Crippen LogP contribution in [0, 0.1) is 5.92 Å². The number of nitrogens with two attached hydrogens (primary N) is 1. The third-order valence-corrected chi connectivity index (χ3v) is 7.40. The summed E-state index contributed by atoms with van der Waals surface area (Å²) in [6.07, 6.45) is 4.65. The molecule has 0 unspecified atom stereocenters. The summed E-state index contributed by atoms with van der Waals surface area (Å²) in [4.78, 5) is 39.8. The van der Waals surface area contributed by atoms with E-state index in [4.69, 9.17) is 20.0 Å². The lowest BCUT2D eigenvalue weighted by atomic mass is 9.84. The highest BCUT2D eigenvalue weighted by Crippen LogP contribution is 2.26. The zero-order chi connectivity index (χ0) is 31.7. The van der Waals surface area contributed by atoms with Crippen LogP contribution in [0.5, 0.6) is 5.75 Å². The Morgan fingerprint density at radius 1 is 0.864 bits per heavy atom. The molecule has 4 N–H and O–H groups in total. The summed E-state index contributed by atoms with van der Waals surface area (Å²) in [5.41, 5.74) is 8.86. The van der Waals surface area contributed by atoms with Crippen LogP contribution in [0.1, 0.15) is 48.8 Å². The maximum atomic E-state index is 11.9. The fraction of sp³-hybridized carbons (Fsp3) is 0.382. The summed E-state index contributed by atoms with van der Waals surface area (Å²) in [5, 5.41) is 12.9. The van der Waals surface area contributed by atoms with E-state index in [1.807, 2.05) is 84.9 Å². The zero-order valence-electron chi connectivity index (χ0n) is 25.4. The van der Waals surface area contributed by atoms with E-state index in [1.54, 1.807) is 7.05 Å². The number of hydrogen-bond acceptors (Lipinski definition) is 7. The Bertz CT molecular complexity index is 1280. The third kappa shape index (κ3) is 11.7. The number of carboxylic acids is 1. The van der Waals surface area contributed by atoms with Gasteiger partial charge in [0.05, 0.1) is 13.2 Å². The van der Waals surface area contributed by atoms with E-state index in [0.717, 1.165) is 59.6 Å². The number of carbonyl (C=O) groups excluding carboxylic acids is 2. The summed E-state index contributed by atoms with van der Waals surface area (Å²) in [6, 6.07) is 25.4. The molecule has 0 spiro atoms. The average Bonchev–Trinajstić information content (AvgIpc) is 3.06. The van der Waals surface area contributed by atoms with Gasteiger partial charge < -0.3 is 25.6 Å². The Hall–Kier alpha value is -4.41. The van der Waals surface area contributed by atoms with E-state index in [1.165, 1.54) is 7.11 Å². The first-order chi connectivity index (χ1) is 21.3. The SMILES string of the molecule is CON(C)C(=O)[C@@H](N)Cc1ccc(OCc2ccccc2)cc1.O=C(N[C@H](C(=O)O)C1CCCCC1)OCc1ccccc1. The van der Waals surface area contributed by atoms with Crippen LogP contribution < -0.4 is 15.8 Å². The average molecular weight is 606 g/mol. The molecule has 0 aliphatic heterocycles. The molecule has 236 valence electrons. The van der Waals surface area contributed by atoms with Crippen LogP contribution in [0.2, 0.25) is 0 Å². The Labute approximate surface area is 259 Å². The van der Waals surface area contributed by atoms with Crippen molar-refractivity contribution in [1.29, 1.82) is 0 Å². The quantitative estimate of drug-likeness (QED) is 0.242. The van der Waals surface area contributed by atoms with Gasteiger partial charge in [0.1, 0.15) is 25.0 Å². The summed E-state index contributed by atoms with van der Waals surface area (Å²) in [6.45, 7) is 0.667. The summed E-state index contributed by atoms with van der Waals surface area (Å²) >= 11 is 0. The van der Waals surface area contributed by atoms with Crippen molar-refractivity contribution < 1.29 is 33.8 Å². The van der Waals surface area contributed by atoms with Crippen molar-refractivity contribution in [3.63, 3.8) is 0 Å². The standard InChI is InChI=1S/C18H22N2O3.C16H21NO4/c1-20(22-2)18(21)17(19)12-14-8-10-16(11-9-14)23-13-15-6-4-3-5-7-15;18-15(19)14(13-9-5-2-6-10-13)17-16(20)21-11-12-7-3-1-4-8-12/h3-11,17H,12-13,19H2,1-2H3;1,3-4,7-8,13-14H,2,5-6,9-11H2,(H,17,20)(H,18,19)/t17-;14-/m00/s1. The summed E-state index contributed by atoms with van der Waals surface area (Å²) in [7, 11) is 2.98. The summed E-state index contributed by atoms with van der Waals surface area (Å²) in [5.74, 6) is -0.456. The first kappa shape index (κ1) is 34.1. The highest BCUT2D eigenvalue weighted by Gasteiger charge is 2.31. The van der Waals surface area contributed by atoms with Gasteiger partial charge in [0, 0.05) is 7.05 Å². The van der Waals surface area contributed by atoms with Gasteiger partial charge in [-0.1, -0.05) is 92.1 Å². The number of carbonyl (C=O) groups is 3.